The number of imidazole rings is 1. The summed E-state index contributed by atoms with van der Waals surface area (Å²) < 4.78 is 14.1. The van der Waals surface area contributed by atoms with Gasteiger partial charge in [0, 0.05) is 31.8 Å². The predicted molar refractivity (Wildman–Crippen MR) is 155 cm³/mol. The van der Waals surface area contributed by atoms with Crippen molar-refractivity contribution in [1.29, 1.82) is 0 Å². The molecular formula is C29H35N7O5S. The number of allylic oxidation sites excluding steroid dienone is 1. The van der Waals surface area contributed by atoms with Crippen LogP contribution in [0.3, 0.4) is 0 Å². The van der Waals surface area contributed by atoms with Gasteiger partial charge in [-0.05, 0) is 37.1 Å². The van der Waals surface area contributed by atoms with Gasteiger partial charge in [-0.3, -0.25) is 9.59 Å². The summed E-state index contributed by atoms with van der Waals surface area (Å²) in [5, 5.41) is 4.86. The minimum absolute atomic E-state index is 0.156. The lowest BCUT2D eigenvalue weighted by atomic mass is 10.1. The minimum atomic E-state index is -1.13. The molecule has 1 saturated carbocycles. The SMILES string of the molecule is COC(=O)[C@@]12C[C@H]1C=CCCCCC[C@H](N)C(=O)N1C[C@H](Oc3nc(-c4nccn4C)nc4ccsc34)C[C@H]1C(=O)N2. The van der Waals surface area contributed by atoms with Crippen molar-refractivity contribution in [2.75, 3.05) is 13.7 Å². The molecule has 0 spiro atoms. The summed E-state index contributed by atoms with van der Waals surface area (Å²) >= 11 is 1.45. The van der Waals surface area contributed by atoms with E-state index in [4.69, 9.17) is 20.2 Å². The number of nitrogens with two attached hydrogens (primary N) is 1. The third kappa shape index (κ3) is 5.26. The highest BCUT2D eigenvalue weighted by atomic mass is 32.1. The highest BCUT2D eigenvalue weighted by molar-refractivity contribution is 7.17. The van der Waals surface area contributed by atoms with E-state index in [2.05, 4.69) is 21.4 Å². The van der Waals surface area contributed by atoms with Crippen LogP contribution in [0, 0.1) is 5.92 Å². The number of carbonyl (C=O) groups is 3. The van der Waals surface area contributed by atoms with Gasteiger partial charge in [-0.2, -0.15) is 4.98 Å². The van der Waals surface area contributed by atoms with E-state index in [0.29, 0.717) is 30.4 Å². The van der Waals surface area contributed by atoms with Crippen molar-refractivity contribution < 1.29 is 23.9 Å². The first-order valence-electron chi connectivity index (χ1n) is 14.3. The number of hydrogen-bond acceptors (Lipinski definition) is 10. The summed E-state index contributed by atoms with van der Waals surface area (Å²) in [7, 11) is 3.18. The molecular weight excluding hydrogens is 558 g/mol. The standard InChI is InChI=1S/C29H35N7O5S/c1-35-12-11-31-24(35)23-32-20-10-13-42-22(20)26(33-23)41-18-14-21-25(37)34-29(28(39)40-2)15-17(29)8-6-4-3-5-7-9-19(30)27(38)36(21)16-18/h6,8,10-13,17-19,21H,3-5,7,9,14-16,30H2,1-2H3,(H,34,37)/t17-,18-,19+,21+,29-/m1/s1. The van der Waals surface area contributed by atoms with Crippen molar-refractivity contribution in [3.8, 4) is 17.5 Å². The Bertz CT molecular complexity index is 1540. The lowest BCUT2D eigenvalue weighted by Crippen LogP contribution is -2.55. The molecule has 1 aliphatic carbocycles. The van der Waals surface area contributed by atoms with Crippen LogP contribution in [-0.4, -0.2) is 79.6 Å². The van der Waals surface area contributed by atoms with Gasteiger partial charge in [0.25, 0.3) is 0 Å². The van der Waals surface area contributed by atoms with E-state index in [0.717, 1.165) is 35.9 Å². The van der Waals surface area contributed by atoms with Crippen molar-refractivity contribution >= 4 is 39.3 Å². The first-order chi connectivity index (χ1) is 20.3. The maximum Gasteiger partial charge on any atom is 0.332 e. The zero-order valence-electron chi connectivity index (χ0n) is 23.7. The fraction of sp³-hybridized carbons (Fsp3) is 0.517. The summed E-state index contributed by atoms with van der Waals surface area (Å²) in [6.45, 7) is 0.161. The molecule has 5 heterocycles. The molecule has 5 atom stereocenters. The monoisotopic (exact) mass is 593 g/mol. The molecule has 0 radical (unpaired) electrons. The summed E-state index contributed by atoms with van der Waals surface area (Å²) in [6, 6.07) is 0.295. The largest absolute Gasteiger partial charge is 0.471 e. The van der Waals surface area contributed by atoms with Crippen molar-refractivity contribution in [2.24, 2.45) is 18.7 Å². The number of thiophene rings is 1. The maximum atomic E-state index is 13.8. The molecule has 222 valence electrons. The van der Waals surface area contributed by atoms with E-state index in [1.54, 1.807) is 6.20 Å². The molecule has 0 bridgehead atoms. The summed E-state index contributed by atoms with van der Waals surface area (Å²) in [5.74, 6) is 0.0152. The molecule has 1 saturated heterocycles. The van der Waals surface area contributed by atoms with E-state index >= 15 is 0 Å². The van der Waals surface area contributed by atoms with Crippen LogP contribution in [0.5, 0.6) is 5.88 Å². The summed E-state index contributed by atoms with van der Waals surface area (Å²) in [6.07, 6.45) is 11.8. The molecule has 13 heteroatoms. The van der Waals surface area contributed by atoms with Crippen LogP contribution >= 0.6 is 11.3 Å². The van der Waals surface area contributed by atoms with Gasteiger partial charge in [0.1, 0.15) is 22.4 Å². The Balaban J connectivity index is 1.29. The number of aromatic nitrogens is 4. The number of nitrogens with zero attached hydrogens (tertiary/aromatic N) is 5. The van der Waals surface area contributed by atoms with E-state index in [1.165, 1.54) is 23.3 Å². The quantitative estimate of drug-likeness (QED) is 0.343. The van der Waals surface area contributed by atoms with Crippen LogP contribution in [-0.2, 0) is 26.2 Å². The number of hydrogen-bond donors (Lipinski definition) is 2. The molecule has 0 aromatic carbocycles. The van der Waals surface area contributed by atoms with Crippen LogP contribution in [0.15, 0.2) is 36.0 Å². The first kappa shape index (κ1) is 28.3. The summed E-state index contributed by atoms with van der Waals surface area (Å²) in [4.78, 5) is 55.5. The number of aryl methyl sites for hydroxylation is 1. The second kappa shape index (κ2) is 11.4. The number of methoxy groups -OCH3 is 1. The Morgan fingerprint density at radius 1 is 1.24 bits per heavy atom. The van der Waals surface area contributed by atoms with Crippen molar-refractivity contribution in [2.45, 2.75) is 68.7 Å². The first-order valence-corrected chi connectivity index (χ1v) is 15.2. The number of esters is 1. The molecule has 12 nitrogen and oxygen atoms in total. The van der Waals surface area contributed by atoms with Crippen LogP contribution in [0.1, 0.15) is 44.9 Å². The molecule has 3 aromatic rings. The molecule has 3 aliphatic rings. The average molecular weight is 594 g/mol. The highest BCUT2D eigenvalue weighted by Crippen LogP contribution is 2.46. The maximum absolute atomic E-state index is 13.8. The van der Waals surface area contributed by atoms with Crippen molar-refractivity contribution in [3.05, 3.63) is 36.0 Å². The molecule has 3 aromatic heterocycles. The van der Waals surface area contributed by atoms with Crippen molar-refractivity contribution in [3.63, 3.8) is 0 Å². The lowest BCUT2D eigenvalue weighted by Gasteiger charge is -2.28. The van der Waals surface area contributed by atoms with Crippen molar-refractivity contribution in [1.82, 2.24) is 29.7 Å². The van der Waals surface area contributed by atoms with Gasteiger partial charge in [-0.15, -0.1) is 11.3 Å². The smallest absolute Gasteiger partial charge is 0.332 e. The molecule has 2 fully saturated rings. The molecule has 2 aliphatic heterocycles. The fourth-order valence-corrected chi connectivity index (χ4v) is 6.73. The van der Waals surface area contributed by atoms with Gasteiger partial charge in [0.15, 0.2) is 11.6 Å². The van der Waals surface area contributed by atoms with Gasteiger partial charge in [-0.25, -0.2) is 14.8 Å². The number of nitrogens with one attached hydrogen (secondary N) is 1. The number of ether oxygens (including phenoxy) is 2. The third-order valence-corrected chi connectivity index (χ3v) is 9.29. The fourth-order valence-electron chi connectivity index (χ4n) is 5.97. The Labute approximate surface area is 247 Å². The zero-order valence-corrected chi connectivity index (χ0v) is 24.5. The second-order valence-electron chi connectivity index (χ2n) is 11.3. The van der Waals surface area contributed by atoms with Crippen LogP contribution in [0.25, 0.3) is 21.9 Å². The zero-order chi connectivity index (χ0) is 29.4. The molecule has 2 amide bonds. The van der Waals surface area contributed by atoms with E-state index in [9.17, 15) is 14.4 Å². The van der Waals surface area contributed by atoms with E-state index in [1.807, 2.05) is 35.3 Å². The van der Waals surface area contributed by atoms with E-state index < -0.39 is 35.6 Å². The molecule has 6 rings (SSSR count). The van der Waals surface area contributed by atoms with E-state index in [-0.39, 0.29) is 24.8 Å². The topological polar surface area (TPSA) is 155 Å². The van der Waals surface area contributed by atoms with Gasteiger partial charge >= 0.3 is 5.97 Å². The Morgan fingerprint density at radius 2 is 2.10 bits per heavy atom. The Kier molecular flexibility index (Phi) is 7.71. The normalized spacial score (nSPS) is 28.4. The molecule has 3 N–H and O–H groups in total. The van der Waals surface area contributed by atoms with Gasteiger partial charge < -0.3 is 30.0 Å². The Morgan fingerprint density at radius 3 is 2.88 bits per heavy atom. The average Bonchev–Trinajstić information content (AvgIpc) is 3.38. The highest BCUT2D eigenvalue weighted by Gasteiger charge is 2.62. The number of fused-ring (bicyclic) bond motifs is 3. The number of rotatable bonds is 4. The van der Waals surface area contributed by atoms with Crippen LogP contribution in [0.2, 0.25) is 0 Å². The third-order valence-electron chi connectivity index (χ3n) is 8.40. The second-order valence-corrected chi connectivity index (χ2v) is 12.2. The van der Waals surface area contributed by atoms with Gasteiger partial charge in [-0.1, -0.05) is 25.0 Å². The minimum Gasteiger partial charge on any atom is -0.471 e. The molecule has 0 unspecified atom stereocenters. The lowest BCUT2D eigenvalue weighted by molar-refractivity contribution is -0.148. The predicted octanol–water partition coefficient (Wildman–Crippen LogP) is 2.34. The Hall–Kier alpha value is -3.84. The summed E-state index contributed by atoms with van der Waals surface area (Å²) in [5.41, 5.74) is 5.95. The molecule has 42 heavy (non-hydrogen) atoms. The number of amides is 2. The van der Waals surface area contributed by atoms with Gasteiger partial charge in [0.05, 0.1) is 25.2 Å². The van der Waals surface area contributed by atoms with Crippen LogP contribution < -0.4 is 15.8 Å². The number of carbonyl (C=O) groups excluding carboxylic acids is 3. The van der Waals surface area contributed by atoms with Gasteiger partial charge in [0.2, 0.25) is 17.7 Å². The van der Waals surface area contributed by atoms with Crippen LogP contribution in [0.4, 0.5) is 0 Å².